The van der Waals surface area contributed by atoms with E-state index in [4.69, 9.17) is 10.8 Å². The first-order valence-corrected chi connectivity index (χ1v) is 6.91. The first kappa shape index (κ1) is 16.4. The minimum absolute atomic E-state index is 0.0610. The van der Waals surface area contributed by atoms with Crippen LogP contribution in [0.4, 0.5) is 5.69 Å². The number of benzene rings is 1. The van der Waals surface area contributed by atoms with Crippen molar-refractivity contribution < 1.29 is 24.4 Å². The van der Waals surface area contributed by atoms with Gasteiger partial charge in [0, 0.05) is 36.7 Å². The van der Waals surface area contributed by atoms with Gasteiger partial charge in [0.15, 0.2) is 0 Å². The number of non-ortho nitro benzene ring substituents is 1. The maximum Gasteiger partial charge on any atom is 0.335 e. The highest BCUT2D eigenvalue weighted by Crippen LogP contribution is 2.22. The van der Waals surface area contributed by atoms with Crippen LogP contribution >= 0.6 is 0 Å². The van der Waals surface area contributed by atoms with E-state index in [1.807, 2.05) is 0 Å². The van der Waals surface area contributed by atoms with E-state index in [0.29, 0.717) is 12.8 Å². The van der Waals surface area contributed by atoms with Gasteiger partial charge in [-0.05, 0) is 18.9 Å². The quantitative estimate of drug-likeness (QED) is 0.614. The standard InChI is InChI=1S/C14H15N3O6/c15-12(18)8-1-3-16(4-2-8)13(19)9-5-10(14(20)21)7-11(6-9)17(22)23/h5-8H,1-4H2,(H2,15,18)(H,20,21). The Kier molecular flexibility index (Phi) is 4.58. The minimum atomic E-state index is -1.35. The smallest absolute Gasteiger partial charge is 0.335 e. The Morgan fingerprint density at radius 2 is 1.74 bits per heavy atom. The molecule has 3 N–H and O–H groups in total. The van der Waals surface area contributed by atoms with Gasteiger partial charge < -0.3 is 15.7 Å². The number of primary amides is 1. The summed E-state index contributed by atoms with van der Waals surface area (Å²) in [6.45, 7) is 0.578. The highest BCUT2D eigenvalue weighted by atomic mass is 16.6. The number of nitrogens with two attached hydrogens (primary N) is 1. The lowest BCUT2D eigenvalue weighted by molar-refractivity contribution is -0.384. The monoisotopic (exact) mass is 321 g/mol. The maximum absolute atomic E-state index is 12.4. The predicted octanol–water partition coefficient (Wildman–Crippen LogP) is 0.630. The van der Waals surface area contributed by atoms with Crippen LogP contribution in [-0.4, -0.2) is 45.8 Å². The fraction of sp³-hybridized carbons (Fsp3) is 0.357. The molecule has 2 rings (SSSR count). The molecule has 1 heterocycles. The minimum Gasteiger partial charge on any atom is -0.478 e. The lowest BCUT2D eigenvalue weighted by Crippen LogP contribution is -2.41. The number of aromatic carboxylic acids is 1. The Labute approximate surface area is 130 Å². The Morgan fingerprint density at radius 1 is 1.17 bits per heavy atom. The number of carbonyl (C=O) groups excluding carboxylic acids is 2. The number of hydrogen-bond acceptors (Lipinski definition) is 5. The third-order valence-corrected chi connectivity index (χ3v) is 3.81. The Hall–Kier alpha value is -2.97. The van der Waals surface area contributed by atoms with Crippen LogP contribution < -0.4 is 5.73 Å². The highest BCUT2D eigenvalue weighted by Gasteiger charge is 2.27. The second-order valence-corrected chi connectivity index (χ2v) is 5.30. The second-order valence-electron chi connectivity index (χ2n) is 5.30. The molecule has 0 atom stereocenters. The van der Waals surface area contributed by atoms with Gasteiger partial charge in [-0.15, -0.1) is 0 Å². The SMILES string of the molecule is NC(=O)C1CCN(C(=O)c2cc(C(=O)O)cc([N+](=O)[O-])c2)CC1. The molecule has 122 valence electrons. The van der Waals surface area contributed by atoms with Gasteiger partial charge in [-0.2, -0.15) is 0 Å². The van der Waals surface area contributed by atoms with E-state index >= 15 is 0 Å². The number of amides is 2. The van der Waals surface area contributed by atoms with Gasteiger partial charge in [-0.25, -0.2) is 4.79 Å². The third-order valence-electron chi connectivity index (χ3n) is 3.81. The second kappa shape index (κ2) is 6.42. The summed E-state index contributed by atoms with van der Waals surface area (Å²) in [4.78, 5) is 46.2. The molecular formula is C14H15N3O6. The van der Waals surface area contributed by atoms with Crippen LogP contribution in [0, 0.1) is 16.0 Å². The van der Waals surface area contributed by atoms with Gasteiger partial charge in [0.05, 0.1) is 10.5 Å². The molecule has 0 aromatic heterocycles. The summed E-state index contributed by atoms with van der Waals surface area (Å²) in [5.41, 5.74) is 4.38. The van der Waals surface area contributed by atoms with Gasteiger partial charge in [0.25, 0.3) is 11.6 Å². The van der Waals surface area contributed by atoms with E-state index < -0.39 is 28.4 Å². The molecular weight excluding hydrogens is 306 g/mol. The number of carboxylic acids is 1. The molecule has 2 amide bonds. The van der Waals surface area contributed by atoms with Crippen LogP contribution in [0.2, 0.25) is 0 Å². The van der Waals surface area contributed by atoms with Crippen LogP contribution in [0.1, 0.15) is 33.6 Å². The summed E-state index contributed by atoms with van der Waals surface area (Å²) < 4.78 is 0. The largest absolute Gasteiger partial charge is 0.478 e. The summed E-state index contributed by atoms with van der Waals surface area (Å²) in [6.07, 6.45) is 0.837. The number of nitrogens with zero attached hydrogens (tertiary/aromatic N) is 2. The molecule has 1 aromatic carbocycles. The van der Waals surface area contributed by atoms with Crippen molar-refractivity contribution in [3.63, 3.8) is 0 Å². The summed E-state index contributed by atoms with van der Waals surface area (Å²) in [5, 5.41) is 19.9. The number of hydrogen-bond donors (Lipinski definition) is 2. The highest BCUT2D eigenvalue weighted by molar-refractivity contribution is 5.98. The predicted molar refractivity (Wildman–Crippen MR) is 77.9 cm³/mol. The van der Waals surface area contributed by atoms with Crippen LogP contribution in [-0.2, 0) is 4.79 Å². The van der Waals surface area contributed by atoms with Crippen LogP contribution in [0.25, 0.3) is 0 Å². The zero-order valence-corrected chi connectivity index (χ0v) is 12.1. The zero-order valence-electron chi connectivity index (χ0n) is 12.1. The average molecular weight is 321 g/mol. The topological polar surface area (TPSA) is 144 Å². The fourth-order valence-corrected chi connectivity index (χ4v) is 2.51. The zero-order chi connectivity index (χ0) is 17.1. The molecule has 1 aromatic rings. The first-order chi connectivity index (χ1) is 10.8. The van der Waals surface area contributed by atoms with Crippen molar-refractivity contribution in [1.82, 2.24) is 4.90 Å². The van der Waals surface area contributed by atoms with Crippen molar-refractivity contribution in [3.05, 3.63) is 39.4 Å². The molecule has 0 saturated carbocycles. The Bertz CT molecular complexity index is 647. The molecule has 0 bridgehead atoms. The molecule has 1 fully saturated rings. The molecule has 9 nitrogen and oxygen atoms in total. The molecule has 23 heavy (non-hydrogen) atoms. The van der Waals surface area contributed by atoms with Crippen LogP contribution in [0.15, 0.2) is 18.2 Å². The van der Waals surface area contributed by atoms with Gasteiger partial charge in [0.2, 0.25) is 5.91 Å². The number of carbonyl (C=O) groups is 3. The molecule has 0 unspecified atom stereocenters. The Morgan fingerprint density at radius 3 is 2.22 bits per heavy atom. The molecule has 0 aliphatic carbocycles. The van der Waals surface area contributed by atoms with Crippen molar-refractivity contribution in [3.8, 4) is 0 Å². The molecule has 0 spiro atoms. The molecule has 1 saturated heterocycles. The van der Waals surface area contributed by atoms with Crippen molar-refractivity contribution in [2.45, 2.75) is 12.8 Å². The van der Waals surface area contributed by atoms with Crippen molar-refractivity contribution in [1.29, 1.82) is 0 Å². The number of piperidine rings is 1. The third kappa shape index (κ3) is 3.62. The molecule has 9 heteroatoms. The van der Waals surface area contributed by atoms with Crippen LogP contribution in [0.5, 0.6) is 0 Å². The van der Waals surface area contributed by atoms with E-state index in [9.17, 15) is 24.5 Å². The number of carboxylic acid groups (broad SMARTS) is 1. The summed E-state index contributed by atoms with van der Waals surface area (Å²) in [6, 6.07) is 3.06. The average Bonchev–Trinajstić information content (AvgIpc) is 2.53. The van der Waals surface area contributed by atoms with E-state index in [1.165, 1.54) is 4.90 Å². The lowest BCUT2D eigenvalue weighted by atomic mass is 9.95. The van der Waals surface area contributed by atoms with Crippen molar-refractivity contribution >= 4 is 23.5 Å². The van der Waals surface area contributed by atoms with Crippen LogP contribution in [0.3, 0.4) is 0 Å². The Balaban J connectivity index is 2.24. The summed E-state index contributed by atoms with van der Waals surface area (Å²) in [5.74, 6) is -2.56. The van der Waals surface area contributed by atoms with E-state index in [1.54, 1.807) is 0 Å². The number of nitro benzene ring substituents is 1. The number of rotatable bonds is 4. The first-order valence-electron chi connectivity index (χ1n) is 6.91. The normalized spacial score (nSPS) is 15.2. The number of nitro groups is 1. The summed E-state index contributed by atoms with van der Waals surface area (Å²) >= 11 is 0. The maximum atomic E-state index is 12.4. The van der Waals surface area contributed by atoms with E-state index in [0.717, 1.165) is 18.2 Å². The fourth-order valence-electron chi connectivity index (χ4n) is 2.51. The molecule has 1 aliphatic heterocycles. The lowest BCUT2D eigenvalue weighted by Gasteiger charge is -2.30. The van der Waals surface area contributed by atoms with E-state index in [-0.39, 0.29) is 30.1 Å². The van der Waals surface area contributed by atoms with E-state index in [2.05, 4.69) is 0 Å². The van der Waals surface area contributed by atoms with Gasteiger partial charge >= 0.3 is 5.97 Å². The van der Waals surface area contributed by atoms with Crippen molar-refractivity contribution in [2.24, 2.45) is 11.7 Å². The molecule has 0 radical (unpaired) electrons. The number of likely N-dealkylation sites (tertiary alicyclic amines) is 1. The summed E-state index contributed by atoms with van der Waals surface area (Å²) in [7, 11) is 0. The van der Waals surface area contributed by atoms with Gasteiger partial charge in [-0.3, -0.25) is 19.7 Å². The van der Waals surface area contributed by atoms with Crippen molar-refractivity contribution in [2.75, 3.05) is 13.1 Å². The van der Waals surface area contributed by atoms with Gasteiger partial charge in [0.1, 0.15) is 0 Å². The molecule has 1 aliphatic rings. The van der Waals surface area contributed by atoms with Gasteiger partial charge in [-0.1, -0.05) is 0 Å².